The van der Waals surface area contributed by atoms with E-state index in [0.717, 1.165) is 50.0 Å². The lowest BCUT2D eigenvalue weighted by Crippen LogP contribution is -2.09. The highest BCUT2D eigenvalue weighted by molar-refractivity contribution is 6.19. The fourth-order valence-electron chi connectivity index (χ4n) is 7.66. The van der Waals surface area contributed by atoms with Gasteiger partial charge in [0.05, 0.1) is 0 Å². The van der Waals surface area contributed by atoms with Gasteiger partial charge in [-0.15, -0.1) is 0 Å². The number of para-hydroxylation sites is 1. The number of benzene rings is 9. The van der Waals surface area contributed by atoms with Crippen molar-refractivity contribution in [2.45, 2.75) is 0 Å². The molecule has 0 aliphatic carbocycles. The maximum absolute atomic E-state index is 6.48. The number of anilines is 3. The Labute approximate surface area is 302 Å². The van der Waals surface area contributed by atoms with Gasteiger partial charge in [0.15, 0.2) is 0 Å². The van der Waals surface area contributed by atoms with Crippen molar-refractivity contribution in [3.63, 3.8) is 0 Å². The number of hydrogen-bond donors (Lipinski definition) is 0. The van der Waals surface area contributed by atoms with E-state index in [-0.39, 0.29) is 0 Å². The fourth-order valence-corrected chi connectivity index (χ4v) is 7.66. The average Bonchev–Trinajstić information content (AvgIpc) is 3.62. The summed E-state index contributed by atoms with van der Waals surface area (Å²) >= 11 is 0. The molecule has 0 radical (unpaired) electrons. The Morgan fingerprint density at radius 3 is 1.69 bits per heavy atom. The Bertz CT molecular complexity index is 2890. The minimum atomic E-state index is 0.904. The van der Waals surface area contributed by atoms with Gasteiger partial charge in [0.2, 0.25) is 0 Å². The first-order chi connectivity index (χ1) is 25.8. The minimum Gasteiger partial charge on any atom is -0.455 e. The summed E-state index contributed by atoms with van der Waals surface area (Å²) in [7, 11) is 0. The van der Waals surface area contributed by atoms with Crippen molar-refractivity contribution in [1.29, 1.82) is 0 Å². The van der Waals surface area contributed by atoms with E-state index >= 15 is 0 Å². The number of fused-ring (bicyclic) bond motifs is 6. The highest BCUT2D eigenvalue weighted by atomic mass is 16.3. The van der Waals surface area contributed by atoms with Gasteiger partial charge in [-0.05, 0) is 110 Å². The third-order valence-electron chi connectivity index (χ3n) is 10.2. The molecule has 0 unspecified atom stereocenters. The second-order valence-electron chi connectivity index (χ2n) is 13.4. The minimum absolute atomic E-state index is 0.904. The molecular weight excluding hydrogens is 631 g/mol. The maximum atomic E-state index is 6.48. The molecule has 2 heteroatoms. The first-order valence-corrected chi connectivity index (χ1v) is 17.8. The van der Waals surface area contributed by atoms with Crippen LogP contribution in [0.2, 0.25) is 0 Å². The normalized spacial score (nSPS) is 11.5. The van der Waals surface area contributed by atoms with Crippen molar-refractivity contribution in [2.24, 2.45) is 0 Å². The Hall–Kier alpha value is -6.90. The molecule has 9 aromatic carbocycles. The van der Waals surface area contributed by atoms with Crippen LogP contribution in [0.4, 0.5) is 17.1 Å². The number of furan rings is 1. The van der Waals surface area contributed by atoms with Crippen LogP contribution in [0, 0.1) is 0 Å². The van der Waals surface area contributed by atoms with Crippen molar-refractivity contribution in [1.82, 2.24) is 0 Å². The zero-order chi connectivity index (χ0) is 34.4. The van der Waals surface area contributed by atoms with E-state index in [1.165, 1.54) is 44.0 Å². The largest absolute Gasteiger partial charge is 0.455 e. The van der Waals surface area contributed by atoms with Crippen LogP contribution in [0.5, 0.6) is 0 Å². The van der Waals surface area contributed by atoms with Crippen molar-refractivity contribution in [3.05, 3.63) is 200 Å². The Balaban J connectivity index is 0.999. The summed E-state index contributed by atoms with van der Waals surface area (Å²) in [4.78, 5) is 2.32. The Morgan fingerprint density at radius 1 is 0.327 bits per heavy atom. The second-order valence-corrected chi connectivity index (χ2v) is 13.4. The average molecular weight is 664 g/mol. The summed E-state index contributed by atoms with van der Waals surface area (Å²) in [6.07, 6.45) is 0. The molecule has 0 N–H and O–H groups in total. The van der Waals surface area contributed by atoms with Crippen LogP contribution in [0.15, 0.2) is 205 Å². The second kappa shape index (κ2) is 12.5. The predicted octanol–water partition coefficient (Wildman–Crippen LogP) is 14.4. The lowest BCUT2D eigenvalue weighted by Gasteiger charge is -2.26. The van der Waals surface area contributed by atoms with Gasteiger partial charge < -0.3 is 9.32 Å². The van der Waals surface area contributed by atoms with E-state index < -0.39 is 0 Å². The third-order valence-corrected chi connectivity index (χ3v) is 10.2. The molecule has 0 bridgehead atoms. The maximum Gasteiger partial charge on any atom is 0.143 e. The van der Waals surface area contributed by atoms with Crippen molar-refractivity contribution < 1.29 is 4.42 Å². The summed E-state index contributed by atoms with van der Waals surface area (Å²) in [5, 5.41) is 7.12. The SMILES string of the molecule is c1ccc(N(c2ccc(-c3cccc(-c4ccc5ccccc5c4)c3)cc2)c2ccc(-c3cccc4oc5c6ccccc6ccc5c34)cc2)cc1. The summed E-state index contributed by atoms with van der Waals surface area (Å²) < 4.78 is 6.48. The third kappa shape index (κ3) is 5.21. The van der Waals surface area contributed by atoms with E-state index in [1.807, 2.05) is 0 Å². The lowest BCUT2D eigenvalue weighted by atomic mass is 9.97. The molecule has 0 amide bonds. The number of hydrogen-bond acceptors (Lipinski definition) is 2. The van der Waals surface area contributed by atoms with Crippen LogP contribution in [0.1, 0.15) is 0 Å². The van der Waals surface area contributed by atoms with Gasteiger partial charge in [-0.1, -0.05) is 140 Å². The molecule has 2 nitrogen and oxygen atoms in total. The topological polar surface area (TPSA) is 16.4 Å². The van der Waals surface area contributed by atoms with Gasteiger partial charge in [0.25, 0.3) is 0 Å². The molecule has 0 saturated heterocycles. The molecule has 10 rings (SSSR count). The van der Waals surface area contributed by atoms with Gasteiger partial charge in [0, 0.05) is 33.2 Å². The smallest absolute Gasteiger partial charge is 0.143 e. The standard InChI is InChI=1S/C50H33NO/c1-2-15-42(16-3-1)51(43-27-22-35(23-28-43)39-13-8-14-40(32-39)41-21-20-34-10-4-5-12-38(34)33-41)44-29-24-37(25-30-44)45-18-9-19-48-49(45)47-31-26-36-11-6-7-17-46(36)50(47)52-48/h1-33H. The predicted molar refractivity (Wildman–Crippen MR) is 220 cm³/mol. The Morgan fingerprint density at radius 2 is 0.904 bits per heavy atom. The molecule has 0 saturated carbocycles. The van der Waals surface area contributed by atoms with E-state index in [9.17, 15) is 0 Å². The molecule has 0 aliphatic rings. The molecule has 52 heavy (non-hydrogen) atoms. The monoisotopic (exact) mass is 663 g/mol. The lowest BCUT2D eigenvalue weighted by molar-refractivity contribution is 0.673. The van der Waals surface area contributed by atoms with E-state index in [2.05, 4.69) is 205 Å². The van der Waals surface area contributed by atoms with Crippen LogP contribution in [-0.4, -0.2) is 0 Å². The zero-order valence-electron chi connectivity index (χ0n) is 28.4. The Kier molecular flexibility index (Phi) is 7.18. The zero-order valence-corrected chi connectivity index (χ0v) is 28.4. The van der Waals surface area contributed by atoms with Gasteiger partial charge >= 0.3 is 0 Å². The molecule has 1 heterocycles. The summed E-state index contributed by atoms with van der Waals surface area (Å²) in [6, 6.07) is 71.6. The quantitative estimate of drug-likeness (QED) is 0.176. The van der Waals surface area contributed by atoms with Crippen LogP contribution in [0.25, 0.3) is 76.9 Å². The summed E-state index contributed by atoms with van der Waals surface area (Å²) in [6.45, 7) is 0. The molecule has 0 fully saturated rings. The molecule has 0 aliphatic heterocycles. The summed E-state index contributed by atoms with van der Waals surface area (Å²) in [5.41, 5.74) is 12.3. The first-order valence-electron chi connectivity index (χ1n) is 17.8. The first kappa shape index (κ1) is 30.0. The fraction of sp³-hybridized carbons (Fsp3) is 0. The van der Waals surface area contributed by atoms with Gasteiger partial charge in [0.1, 0.15) is 11.2 Å². The molecule has 244 valence electrons. The van der Waals surface area contributed by atoms with Gasteiger partial charge in [-0.25, -0.2) is 0 Å². The van der Waals surface area contributed by atoms with Crippen molar-refractivity contribution in [3.8, 4) is 33.4 Å². The van der Waals surface area contributed by atoms with Gasteiger partial charge in [-0.2, -0.15) is 0 Å². The number of rotatable bonds is 6. The molecule has 0 spiro atoms. The van der Waals surface area contributed by atoms with Crippen LogP contribution >= 0.6 is 0 Å². The molecule has 0 atom stereocenters. The van der Waals surface area contributed by atoms with E-state index in [1.54, 1.807) is 0 Å². The van der Waals surface area contributed by atoms with E-state index in [0.29, 0.717) is 0 Å². The molecular formula is C50H33NO. The van der Waals surface area contributed by atoms with Crippen LogP contribution in [0.3, 0.4) is 0 Å². The van der Waals surface area contributed by atoms with Crippen molar-refractivity contribution in [2.75, 3.05) is 4.90 Å². The van der Waals surface area contributed by atoms with Crippen LogP contribution < -0.4 is 4.90 Å². The highest BCUT2D eigenvalue weighted by Crippen LogP contribution is 2.41. The van der Waals surface area contributed by atoms with E-state index in [4.69, 9.17) is 4.42 Å². The van der Waals surface area contributed by atoms with Gasteiger partial charge in [-0.3, -0.25) is 0 Å². The molecule has 10 aromatic rings. The molecule has 1 aromatic heterocycles. The number of nitrogens with zero attached hydrogens (tertiary/aromatic N) is 1. The van der Waals surface area contributed by atoms with Crippen LogP contribution in [-0.2, 0) is 0 Å². The summed E-state index contributed by atoms with van der Waals surface area (Å²) in [5.74, 6) is 0. The van der Waals surface area contributed by atoms with Crippen molar-refractivity contribution >= 4 is 60.5 Å². The highest BCUT2D eigenvalue weighted by Gasteiger charge is 2.17.